The second-order valence-electron chi connectivity index (χ2n) is 4.76. The van der Waals surface area contributed by atoms with Gasteiger partial charge in [-0.25, -0.2) is 4.99 Å². The molecule has 0 atom stereocenters. The molecule has 0 unspecified atom stereocenters. The first-order chi connectivity index (χ1) is 10.9. The third-order valence-corrected chi connectivity index (χ3v) is 3.13. The minimum Gasteiger partial charge on any atom is -0.294 e. The lowest BCUT2D eigenvalue weighted by Gasteiger charge is -2.11. The number of benzene rings is 1. The fourth-order valence-corrected chi connectivity index (χ4v) is 2.02. The molecule has 0 spiro atoms. The molecule has 0 aromatic heterocycles. The lowest BCUT2D eigenvalue weighted by Crippen LogP contribution is -2.16. The summed E-state index contributed by atoms with van der Waals surface area (Å²) in [6.07, 6.45) is -0.430. The van der Waals surface area contributed by atoms with Gasteiger partial charge in [0.2, 0.25) is 0 Å². The Kier molecular flexibility index (Phi) is 5.20. The van der Waals surface area contributed by atoms with Crippen molar-refractivity contribution in [2.24, 2.45) is 9.98 Å². The van der Waals surface area contributed by atoms with Crippen LogP contribution in [0, 0.1) is 0 Å². The van der Waals surface area contributed by atoms with Crippen LogP contribution in [-0.2, 0) is 11.0 Å². The number of alkyl halides is 3. The summed E-state index contributed by atoms with van der Waals surface area (Å²) in [5.74, 6) is -1.22. The number of hydrogen-bond acceptors (Lipinski definition) is 4. The number of hydrogen-bond donors (Lipinski definition) is 0. The fraction of sp³-hybridized carbons (Fsp3) is 0.250. The van der Waals surface area contributed by atoms with E-state index in [1.165, 1.54) is 18.3 Å². The van der Waals surface area contributed by atoms with E-state index in [-0.39, 0.29) is 18.7 Å². The molecule has 7 heteroatoms. The van der Waals surface area contributed by atoms with Crippen molar-refractivity contribution in [2.45, 2.75) is 19.0 Å². The Labute approximate surface area is 130 Å². The Bertz CT molecular complexity index is 704. The Morgan fingerprint density at radius 2 is 1.78 bits per heavy atom. The molecule has 1 aliphatic rings. The average Bonchev–Trinajstić information content (AvgIpc) is 2.80. The number of nitrogens with zero attached hydrogens (tertiary/aromatic N) is 2. The smallest absolute Gasteiger partial charge is 0.294 e. The first-order valence-electron chi connectivity index (χ1n) is 6.86. The number of rotatable bonds is 5. The molecule has 0 amide bonds. The molecule has 1 aliphatic heterocycles. The maximum absolute atomic E-state index is 12.9. The van der Waals surface area contributed by atoms with Crippen LogP contribution < -0.4 is 0 Å². The van der Waals surface area contributed by atoms with Crippen LogP contribution in [0.3, 0.4) is 0 Å². The molecule has 4 nitrogen and oxygen atoms in total. The topological polar surface area (TPSA) is 58.9 Å². The van der Waals surface area contributed by atoms with E-state index < -0.39 is 28.9 Å². The maximum atomic E-state index is 12.9. The molecule has 1 aromatic carbocycles. The van der Waals surface area contributed by atoms with Crippen LogP contribution in [0.1, 0.15) is 28.8 Å². The molecule has 0 saturated heterocycles. The van der Waals surface area contributed by atoms with E-state index in [1.807, 2.05) is 0 Å². The van der Waals surface area contributed by atoms with Gasteiger partial charge in [-0.05, 0) is 12.1 Å². The summed E-state index contributed by atoms with van der Waals surface area (Å²) in [6.45, 7) is 0.298. The van der Waals surface area contributed by atoms with E-state index in [0.717, 1.165) is 12.1 Å². The number of halogens is 3. The van der Waals surface area contributed by atoms with Crippen LogP contribution in [-0.4, -0.2) is 30.2 Å². The van der Waals surface area contributed by atoms with E-state index in [9.17, 15) is 22.8 Å². The number of ketones is 2. The van der Waals surface area contributed by atoms with Crippen molar-refractivity contribution in [1.29, 1.82) is 0 Å². The van der Waals surface area contributed by atoms with E-state index in [2.05, 4.69) is 9.98 Å². The fourth-order valence-electron chi connectivity index (χ4n) is 2.02. The molecular formula is C16H13F3N2O2. The summed E-state index contributed by atoms with van der Waals surface area (Å²) < 4.78 is 38.6. The second-order valence-corrected chi connectivity index (χ2v) is 4.76. The highest BCUT2D eigenvalue weighted by molar-refractivity contribution is 6.40. The molecule has 2 rings (SSSR count). The molecule has 0 saturated carbocycles. The van der Waals surface area contributed by atoms with Crippen LogP contribution in [0.15, 0.2) is 46.4 Å². The summed E-state index contributed by atoms with van der Waals surface area (Å²) in [4.78, 5) is 31.7. The van der Waals surface area contributed by atoms with Crippen molar-refractivity contribution >= 4 is 23.6 Å². The molecule has 23 heavy (non-hydrogen) atoms. The van der Waals surface area contributed by atoms with Gasteiger partial charge in [0, 0.05) is 24.6 Å². The number of aliphatic imine (C=N–C) groups is 2. The Balaban J connectivity index is 2.06. The van der Waals surface area contributed by atoms with Gasteiger partial charge in [-0.3, -0.25) is 14.6 Å². The normalized spacial score (nSPS) is 14.3. The van der Waals surface area contributed by atoms with Crippen molar-refractivity contribution in [3.05, 3.63) is 47.5 Å². The zero-order chi connectivity index (χ0) is 16.9. The van der Waals surface area contributed by atoms with E-state index in [4.69, 9.17) is 0 Å². The number of Topliss-reactive ketones (excluding diaryl/α,β-unsaturated/α-hetero) is 2. The Hall–Kier alpha value is -2.57. The third kappa shape index (κ3) is 4.45. The highest BCUT2D eigenvalue weighted by Crippen LogP contribution is 2.32. The van der Waals surface area contributed by atoms with Gasteiger partial charge >= 0.3 is 6.18 Å². The first kappa shape index (κ1) is 16.8. The third-order valence-electron chi connectivity index (χ3n) is 3.13. The van der Waals surface area contributed by atoms with Crippen molar-refractivity contribution in [3.8, 4) is 0 Å². The Morgan fingerprint density at radius 1 is 1.09 bits per heavy atom. The molecule has 0 bridgehead atoms. The molecule has 0 aliphatic carbocycles. The number of carbonyl (C=O) groups excluding carboxylic acids is 2. The summed E-state index contributed by atoms with van der Waals surface area (Å²) in [7, 11) is 0. The van der Waals surface area contributed by atoms with Crippen LogP contribution in [0.5, 0.6) is 0 Å². The van der Waals surface area contributed by atoms with Crippen molar-refractivity contribution in [2.75, 3.05) is 6.54 Å². The molecule has 1 heterocycles. The van der Waals surface area contributed by atoms with E-state index in [0.29, 0.717) is 6.54 Å². The largest absolute Gasteiger partial charge is 0.417 e. The van der Waals surface area contributed by atoms with Gasteiger partial charge in [0.25, 0.3) is 0 Å². The standard InChI is InChI=1S/C16H13F3N2O2/c17-16(18,19)12-6-2-1-5-11(12)13(22)7-8-14(23)15-20-9-3-4-10-21-15/h1-6,9H,7-8,10H2. The minimum atomic E-state index is -4.61. The maximum Gasteiger partial charge on any atom is 0.417 e. The van der Waals surface area contributed by atoms with Crippen LogP contribution in [0.25, 0.3) is 0 Å². The van der Waals surface area contributed by atoms with Gasteiger partial charge in [-0.15, -0.1) is 0 Å². The predicted octanol–water partition coefficient (Wildman–Crippen LogP) is 3.28. The summed E-state index contributed by atoms with van der Waals surface area (Å²) in [6, 6.07) is 4.53. The number of allylic oxidation sites excluding steroid dienone is 1. The van der Waals surface area contributed by atoms with Gasteiger partial charge in [0.1, 0.15) is 0 Å². The highest BCUT2D eigenvalue weighted by Gasteiger charge is 2.34. The summed E-state index contributed by atoms with van der Waals surface area (Å²) in [5.41, 5.74) is -1.42. The minimum absolute atomic E-state index is 0.0214. The monoisotopic (exact) mass is 322 g/mol. The SMILES string of the molecule is O=C(CCC(=O)c1ccccc1C(F)(F)F)C1=NCC=CC=N1. The first-order valence-corrected chi connectivity index (χ1v) is 6.86. The van der Waals surface area contributed by atoms with Crippen LogP contribution in [0.2, 0.25) is 0 Å². The average molecular weight is 322 g/mol. The Morgan fingerprint density at radius 3 is 2.52 bits per heavy atom. The molecule has 0 radical (unpaired) electrons. The number of carbonyl (C=O) groups is 2. The summed E-state index contributed by atoms with van der Waals surface area (Å²) in [5, 5.41) is 0. The lowest BCUT2D eigenvalue weighted by atomic mass is 9.99. The van der Waals surface area contributed by atoms with Gasteiger partial charge in [0.15, 0.2) is 17.4 Å². The predicted molar refractivity (Wildman–Crippen MR) is 79.9 cm³/mol. The van der Waals surface area contributed by atoms with Gasteiger partial charge in [-0.1, -0.05) is 24.3 Å². The van der Waals surface area contributed by atoms with Crippen molar-refractivity contribution in [1.82, 2.24) is 0 Å². The second kappa shape index (κ2) is 7.13. The van der Waals surface area contributed by atoms with Gasteiger partial charge in [0.05, 0.1) is 12.1 Å². The van der Waals surface area contributed by atoms with E-state index in [1.54, 1.807) is 12.2 Å². The molecule has 1 aromatic rings. The molecule has 120 valence electrons. The highest BCUT2D eigenvalue weighted by atomic mass is 19.4. The quantitative estimate of drug-likeness (QED) is 0.781. The zero-order valence-electron chi connectivity index (χ0n) is 12.0. The van der Waals surface area contributed by atoms with Gasteiger partial charge < -0.3 is 0 Å². The van der Waals surface area contributed by atoms with Crippen molar-refractivity contribution < 1.29 is 22.8 Å². The molecule has 0 N–H and O–H groups in total. The van der Waals surface area contributed by atoms with Crippen LogP contribution >= 0.6 is 0 Å². The summed E-state index contributed by atoms with van der Waals surface area (Å²) >= 11 is 0. The molecule has 0 fully saturated rings. The number of amidine groups is 1. The van der Waals surface area contributed by atoms with Crippen LogP contribution in [0.4, 0.5) is 13.2 Å². The van der Waals surface area contributed by atoms with E-state index >= 15 is 0 Å². The van der Waals surface area contributed by atoms with Crippen molar-refractivity contribution in [3.63, 3.8) is 0 Å². The van der Waals surface area contributed by atoms with Gasteiger partial charge in [-0.2, -0.15) is 13.2 Å². The molecular weight excluding hydrogens is 309 g/mol. The zero-order valence-corrected chi connectivity index (χ0v) is 12.0. The lowest BCUT2D eigenvalue weighted by molar-refractivity contribution is -0.137.